The van der Waals surface area contributed by atoms with Crippen LogP contribution in [0.1, 0.15) is 0 Å². The molecule has 0 saturated carbocycles. The number of rotatable bonds is 2. The van der Waals surface area contributed by atoms with Crippen LogP contribution in [0.15, 0.2) is 17.2 Å². The fourth-order valence-corrected chi connectivity index (χ4v) is 1.45. The Morgan fingerprint density at radius 2 is 2.62 bits per heavy atom. The first-order valence-corrected chi connectivity index (χ1v) is 4.42. The van der Waals surface area contributed by atoms with Crippen LogP contribution in [-0.2, 0) is 11.3 Å². The van der Waals surface area contributed by atoms with Crippen LogP contribution in [-0.4, -0.2) is 35.4 Å². The van der Waals surface area contributed by atoms with Crippen molar-refractivity contribution in [3.05, 3.63) is 22.9 Å². The number of nitrogens with zero attached hydrogens (tertiary/aromatic N) is 1. The summed E-state index contributed by atoms with van der Waals surface area (Å²) in [5.74, 6) is 0. The van der Waals surface area contributed by atoms with Gasteiger partial charge in [0.25, 0.3) is 0 Å². The summed E-state index contributed by atoms with van der Waals surface area (Å²) in [4.78, 5) is 13.7. The summed E-state index contributed by atoms with van der Waals surface area (Å²) >= 11 is 0. The molecule has 0 radical (unpaired) electrons. The van der Waals surface area contributed by atoms with E-state index in [-0.39, 0.29) is 11.8 Å². The predicted molar refractivity (Wildman–Crippen MR) is 47.7 cm³/mol. The molecule has 5 nitrogen and oxygen atoms in total. The third-order valence-corrected chi connectivity index (χ3v) is 2.13. The van der Waals surface area contributed by atoms with Crippen LogP contribution in [0.4, 0.5) is 0 Å². The zero-order valence-electron chi connectivity index (χ0n) is 7.32. The first kappa shape index (κ1) is 8.52. The molecular weight excluding hydrogens is 170 g/mol. The van der Waals surface area contributed by atoms with Crippen LogP contribution in [0.3, 0.4) is 0 Å². The molecule has 5 heteroatoms. The van der Waals surface area contributed by atoms with Crippen LogP contribution in [0.25, 0.3) is 0 Å². The van der Waals surface area contributed by atoms with E-state index in [0.717, 1.165) is 19.7 Å². The lowest BCUT2D eigenvalue weighted by Gasteiger charge is -2.23. The van der Waals surface area contributed by atoms with Gasteiger partial charge in [-0.3, -0.25) is 4.57 Å². The van der Waals surface area contributed by atoms with E-state index in [1.807, 2.05) is 0 Å². The molecule has 0 aliphatic carbocycles. The second kappa shape index (κ2) is 3.76. The lowest BCUT2D eigenvalue weighted by molar-refractivity contribution is 0.0177. The second-order valence-electron chi connectivity index (χ2n) is 3.11. The maximum atomic E-state index is 11.1. The van der Waals surface area contributed by atoms with Crippen molar-refractivity contribution in [3.63, 3.8) is 0 Å². The zero-order valence-corrected chi connectivity index (χ0v) is 7.32. The van der Waals surface area contributed by atoms with Crippen LogP contribution in [0, 0.1) is 0 Å². The van der Waals surface area contributed by atoms with Crippen molar-refractivity contribution in [2.24, 2.45) is 0 Å². The third kappa shape index (κ3) is 1.99. The Morgan fingerprint density at radius 3 is 3.23 bits per heavy atom. The molecule has 1 saturated heterocycles. The summed E-state index contributed by atoms with van der Waals surface area (Å²) < 4.78 is 7.09. The summed E-state index contributed by atoms with van der Waals surface area (Å²) in [7, 11) is 0. The van der Waals surface area contributed by atoms with Gasteiger partial charge in [-0.25, -0.2) is 4.79 Å². The van der Waals surface area contributed by atoms with Crippen molar-refractivity contribution >= 4 is 0 Å². The third-order valence-electron chi connectivity index (χ3n) is 2.13. The van der Waals surface area contributed by atoms with E-state index in [0.29, 0.717) is 6.54 Å². The van der Waals surface area contributed by atoms with Gasteiger partial charge in [0.1, 0.15) is 0 Å². The van der Waals surface area contributed by atoms with E-state index in [1.54, 1.807) is 17.0 Å². The molecule has 0 aromatic carbocycles. The van der Waals surface area contributed by atoms with Crippen LogP contribution >= 0.6 is 0 Å². The summed E-state index contributed by atoms with van der Waals surface area (Å²) in [5, 5.41) is 3.22. The highest BCUT2D eigenvalue weighted by Gasteiger charge is 2.14. The summed E-state index contributed by atoms with van der Waals surface area (Å²) in [6.07, 6.45) is 3.49. The molecule has 1 atom stereocenters. The molecule has 1 fully saturated rings. The van der Waals surface area contributed by atoms with Crippen molar-refractivity contribution in [1.82, 2.24) is 14.9 Å². The summed E-state index contributed by atoms with van der Waals surface area (Å²) in [5.41, 5.74) is -0.0748. The minimum Gasteiger partial charge on any atom is -0.374 e. The number of nitrogens with one attached hydrogen (secondary N) is 2. The van der Waals surface area contributed by atoms with Crippen LogP contribution in [0.2, 0.25) is 0 Å². The minimum absolute atomic E-state index is 0.0748. The molecule has 1 aromatic heterocycles. The first-order valence-electron chi connectivity index (χ1n) is 4.42. The number of hydrogen-bond acceptors (Lipinski definition) is 3. The van der Waals surface area contributed by atoms with Crippen molar-refractivity contribution in [2.45, 2.75) is 12.6 Å². The van der Waals surface area contributed by atoms with Gasteiger partial charge in [-0.15, -0.1) is 0 Å². The molecule has 0 bridgehead atoms. The van der Waals surface area contributed by atoms with E-state index < -0.39 is 0 Å². The van der Waals surface area contributed by atoms with E-state index in [2.05, 4.69) is 10.3 Å². The van der Waals surface area contributed by atoms with Gasteiger partial charge < -0.3 is 15.0 Å². The fraction of sp³-hybridized carbons (Fsp3) is 0.625. The molecule has 2 rings (SSSR count). The second-order valence-corrected chi connectivity index (χ2v) is 3.11. The highest BCUT2D eigenvalue weighted by Crippen LogP contribution is 1.97. The highest BCUT2D eigenvalue weighted by atomic mass is 16.5. The van der Waals surface area contributed by atoms with E-state index in [9.17, 15) is 4.79 Å². The summed E-state index contributed by atoms with van der Waals surface area (Å²) in [6.45, 7) is 3.06. The molecule has 72 valence electrons. The van der Waals surface area contributed by atoms with E-state index >= 15 is 0 Å². The van der Waals surface area contributed by atoms with E-state index in [1.165, 1.54) is 0 Å². The van der Waals surface area contributed by atoms with Gasteiger partial charge >= 0.3 is 5.69 Å². The lowest BCUT2D eigenvalue weighted by atomic mass is 10.3. The Kier molecular flexibility index (Phi) is 2.47. The molecule has 0 spiro atoms. The zero-order chi connectivity index (χ0) is 9.10. The molecule has 13 heavy (non-hydrogen) atoms. The van der Waals surface area contributed by atoms with E-state index in [4.69, 9.17) is 4.74 Å². The van der Waals surface area contributed by atoms with Gasteiger partial charge in [-0.2, -0.15) is 0 Å². The lowest BCUT2D eigenvalue weighted by Crippen LogP contribution is -2.41. The van der Waals surface area contributed by atoms with Crippen molar-refractivity contribution in [3.8, 4) is 0 Å². The van der Waals surface area contributed by atoms with Gasteiger partial charge in [-0.05, 0) is 0 Å². The molecule has 1 aromatic rings. The molecule has 2 heterocycles. The Labute approximate surface area is 75.7 Å². The average molecular weight is 183 g/mol. The number of morpholine rings is 1. The Morgan fingerprint density at radius 1 is 1.69 bits per heavy atom. The van der Waals surface area contributed by atoms with Crippen molar-refractivity contribution < 1.29 is 4.74 Å². The maximum Gasteiger partial charge on any atom is 0.325 e. The Hall–Kier alpha value is -1.07. The number of aromatic amines is 1. The fourth-order valence-electron chi connectivity index (χ4n) is 1.45. The molecule has 1 aliphatic heterocycles. The molecular formula is C8H13N3O2. The predicted octanol–water partition coefficient (Wildman–Crippen LogP) is -0.835. The highest BCUT2D eigenvalue weighted by molar-refractivity contribution is 4.78. The van der Waals surface area contributed by atoms with Gasteiger partial charge in [0.05, 0.1) is 19.3 Å². The van der Waals surface area contributed by atoms with Gasteiger partial charge in [0, 0.05) is 25.5 Å². The van der Waals surface area contributed by atoms with Crippen LogP contribution < -0.4 is 11.0 Å². The maximum absolute atomic E-state index is 11.1. The Balaban J connectivity index is 1.97. The molecule has 0 amide bonds. The van der Waals surface area contributed by atoms with Gasteiger partial charge in [0.2, 0.25) is 0 Å². The monoisotopic (exact) mass is 183 g/mol. The van der Waals surface area contributed by atoms with Crippen LogP contribution in [0.5, 0.6) is 0 Å². The Bertz CT molecular complexity index is 311. The standard InChI is InChI=1S/C8H13N3O2/c12-8-10-1-3-11(8)6-7-5-9-2-4-13-7/h1,3,7,9H,2,4-6H2,(H,10,12). The summed E-state index contributed by atoms with van der Waals surface area (Å²) in [6, 6.07) is 0. The number of imidazole rings is 1. The average Bonchev–Trinajstić information content (AvgIpc) is 2.54. The number of ether oxygens (including phenoxy) is 1. The minimum atomic E-state index is -0.0748. The topological polar surface area (TPSA) is 59.0 Å². The molecule has 1 unspecified atom stereocenters. The smallest absolute Gasteiger partial charge is 0.325 e. The SMILES string of the molecule is O=c1[nH]ccn1CC1CNCCO1. The van der Waals surface area contributed by atoms with Gasteiger partial charge in [-0.1, -0.05) is 0 Å². The molecule has 2 N–H and O–H groups in total. The van der Waals surface area contributed by atoms with Gasteiger partial charge in [0.15, 0.2) is 0 Å². The molecule has 1 aliphatic rings. The van der Waals surface area contributed by atoms with Crippen molar-refractivity contribution in [2.75, 3.05) is 19.7 Å². The largest absolute Gasteiger partial charge is 0.374 e. The quantitative estimate of drug-likeness (QED) is 0.629. The van der Waals surface area contributed by atoms with Crippen molar-refractivity contribution in [1.29, 1.82) is 0 Å². The number of aromatic nitrogens is 2. The number of hydrogen-bond donors (Lipinski definition) is 2. The first-order chi connectivity index (χ1) is 6.36. The normalized spacial score (nSPS) is 23.2. The number of H-pyrrole nitrogens is 1.